The van der Waals surface area contributed by atoms with Crippen LogP contribution in [0.2, 0.25) is 0 Å². The fraction of sp³-hybridized carbons (Fsp3) is 0.524. The van der Waals surface area contributed by atoms with Crippen molar-refractivity contribution in [1.29, 1.82) is 0 Å². The molecule has 7 heteroatoms. The second-order valence-corrected chi connectivity index (χ2v) is 8.97. The molecular weight excluding hydrogens is 374 g/mol. The van der Waals surface area contributed by atoms with E-state index in [0.717, 1.165) is 65.6 Å². The van der Waals surface area contributed by atoms with Gasteiger partial charge in [-0.05, 0) is 50.9 Å². The number of likely N-dealkylation sites (N-methyl/N-ethyl adjacent to an activating group) is 1. The number of fused-ring (bicyclic) bond motifs is 1. The molecule has 1 saturated heterocycles. The third-order valence-corrected chi connectivity index (χ3v) is 6.75. The number of likely N-dealkylation sites (tertiary alicyclic amines) is 1. The standard InChI is InChI=1S/C21H27N3O3S/c1-23(2)13-7-8-15(20-22-17-5-4-6-18(25)19(17)28-20)16(11-13)21(26)27-14-9-10-24(3)12-14/h7-8,11,14,18,25H,4-6,9-10,12H2,1-3H3. The van der Waals surface area contributed by atoms with Crippen LogP contribution in [0.1, 0.15) is 46.3 Å². The summed E-state index contributed by atoms with van der Waals surface area (Å²) in [5, 5.41) is 11.1. The zero-order valence-corrected chi connectivity index (χ0v) is 17.5. The Morgan fingerprint density at radius 3 is 2.86 bits per heavy atom. The Morgan fingerprint density at radius 1 is 1.36 bits per heavy atom. The molecule has 1 fully saturated rings. The third-order valence-electron chi connectivity index (χ3n) is 5.51. The van der Waals surface area contributed by atoms with Crippen LogP contribution >= 0.6 is 11.3 Å². The lowest BCUT2D eigenvalue weighted by molar-refractivity contribution is 0.0328. The zero-order chi connectivity index (χ0) is 19.8. The summed E-state index contributed by atoms with van der Waals surface area (Å²) in [5.41, 5.74) is 3.24. The molecule has 1 N–H and O–H groups in total. The number of hydrogen-bond donors (Lipinski definition) is 1. The number of carbonyl (C=O) groups is 1. The van der Waals surface area contributed by atoms with Crippen LogP contribution in [0.3, 0.4) is 0 Å². The number of benzene rings is 1. The predicted molar refractivity (Wildman–Crippen MR) is 111 cm³/mol. The first-order valence-electron chi connectivity index (χ1n) is 9.81. The van der Waals surface area contributed by atoms with E-state index >= 15 is 0 Å². The number of thiazole rings is 1. The third kappa shape index (κ3) is 3.79. The fourth-order valence-corrected chi connectivity index (χ4v) is 5.06. The molecule has 28 heavy (non-hydrogen) atoms. The molecule has 2 heterocycles. The number of hydrogen-bond acceptors (Lipinski definition) is 7. The minimum Gasteiger partial charge on any atom is -0.457 e. The van der Waals surface area contributed by atoms with Crippen molar-refractivity contribution in [2.45, 2.75) is 37.9 Å². The molecule has 2 aliphatic rings. The molecule has 1 aromatic carbocycles. The molecule has 0 saturated carbocycles. The normalized spacial score (nSPS) is 22.1. The van der Waals surface area contributed by atoms with Crippen LogP contribution in [0.25, 0.3) is 10.6 Å². The maximum absolute atomic E-state index is 13.1. The van der Waals surface area contributed by atoms with Gasteiger partial charge in [-0.15, -0.1) is 11.3 Å². The number of rotatable bonds is 4. The summed E-state index contributed by atoms with van der Waals surface area (Å²) in [7, 11) is 5.94. The van der Waals surface area contributed by atoms with E-state index in [-0.39, 0.29) is 12.1 Å². The summed E-state index contributed by atoms with van der Waals surface area (Å²) >= 11 is 1.49. The van der Waals surface area contributed by atoms with E-state index < -0.39 is 6.10 Å². The number of aliphatic hydroxyl groups is 1. The molecule has 2 aromatic rings. The quantitative estimate of drug-likeness (QED) is 0.794. The monoisotopic (exact) mass is 401 g/mol. The largest absolute Gasteiger partial charge is 0.457 e. The maximum atomic E-state index is 13.1. The van der Waals surface area contributed by atoms with Gasteiger partial charge in [-0.2, -0.15) is 0 Å². The summed E-state index contributed by atoms with van der Waals surface area (Å²) < 4.78 is 5.82. The van der Waals surface area contributed by atoms with Gasteiger partial charge in [0, 0.05) is 38.4 Å². The highest BCUT2D eigenvalue weighted by atomic mass is 32.1. The summed E-state index contributed by atoms with van der Waals surface area (Å²) in [6, 6.07) is 5.82. The van der Waals surface area contributed by atoms with Gasteiger partial charge in [-0.1, -0.05) is 0 Å². The van der Waals surface area contributed by atoms with Gasteiger partial charge in [-0.25, -0.2) is 9.78 Å². The van der Waals surface area contributed by atoms with Crippen LogP contribution in [0.15, 0.2) is 18.2 Å². The number of aromatic nitrogens is 1. The molecule has 0 amide bonds. The van der Waals surface area contributed by atoms with Gasteiger partial charge in [0.05, 0.1) is 22.2 Å². The molecule has 0 bridgehead atoms. The first-order chi connectivity index (χ1) is 13.4. The Hall–Kier alpha value is -1.96. The lowest BCUT2D eigenvalue weighted by Crippen LogP contribution is -2.22. The lowest BCUT2D eigenvalue weighted by Gasteiger charge is -2.17. The van der Waals surface area contributed by atoms with Crippen molar-refractivity contribution in [3.63, 3.8) is 0 Å². The molecular formula is C21H27N3O3S. The van der Waals surface area contributed by atoms with Crippen LogP contribution in [0.4, 0.5) is 5.69 Å². The molecule has 4 rings (SSSR count). The van der Waals surface area contributed by atoms with Crippen molar-refractivity contribution in [3.05, 3.63) is 34.3 Å². The number of carbonyl (C=O) groups excluding carboxylic acids is 1. The Bertz CT molecular complexity index is 880. The molecule has 6 nitrogen and oxygen atoms in total. The first kappa shape index (κ1) is 19.4. The minimum atomic E-state index is -0.444. The molecule has 1 aliphatic heterocycles. The van der Waals surface area contributed by atoms with Gasteiger partial charge in [0.15, 0.2) is 0 Å². The number of ether oxygens (including phenoxy) is 1. The van der Waals surface area contributed by atoms with Crippen molar-refractivity contribution in [3.8, 4) is 10.6 Å². The molecule has 0 spiro atoms. The van der Waals surface area contributed by atoms with Crippen LogP contribution in [-0.2, 0) is 11.2 Å². The van der Waals surface area contributed by atoms with Gasteiger partial charge in [0.25, 0.3) is 0 Å². The first-order valence-corrected chi connectivity index (χ1v) is 10.6. The smallest absolute Gasteiger partial charge is 0.339 e. The molecule has 0 radical (unpaired) electrons. The number of anilines is 1. The molecule has 1 aromatic heterocycles. The van der Waals surface area contributed by atoms with E-state index in [2.05, 4.69) is 4.90 Å². The number of aliphatic hydroxyl groups excluding tert-OH is 1. The van der Waals surface area contributed by atoms with Crippen LogP contribution in [-0.4, -0.2) is 61.3 Å². The van der Waals surface area contributed by atoms with E-state index in [4.69, 9.17) is 9.72 Å². The topological polar surface area (TPSA) is 65.9 Å². The van der Waals surface area contributed by atoms with Crippen molar-refractivity contribution in [2.75, 3.05) is 39.1 Å². The van der Waals surface area contributed by atoms with Crippen molar-refractivity contribution < 1.29 is 14.6 Å². The molecule has 2 unspecified atom stereocenters. The molecule has 150 valence electrons. The Balaban J connectivity index is 1.69. The summed E-state index contributed by atoms with van der Waals surface area (Å²) in [6.07, 6.45) is 2.95. The van der Waals surface area contributed by atoms with Crippen molar-refractivity contribution in [2.24, 2.45) is 0 Å². The highest BCUT2D eigenvalue weighted by Crippen LogP contribution is 2.39. The Kier molecular flexibility index (Phi) is 5.40. The average molecular weight is 402 g/mol. The highest BCUT2D eigenvalue weighted by Gasteiger charge is 2.28. The van der Waals surface area contributed by atoms with Crippen molar-refractivity contribution in [1.82, 2.24) is 9.88 Å². The SMILES string of the molecule is CN1CCC(OC(=O)c2cc(N(C)C)ccc2-c2nc3c(s2)C(O)CCC3)C1. The second-order valence-electron chi connectivity index (χ2n) is 7.94. The fourth-order valence-electron chi connectivity index (χ4n) is 3.88. The van der Waals surface area contributed by atoms with E-state index in [1.54, 1.807) is 0 Å². The summed E-state index contributed by atoms with van der Waals surface area (Å²) in [4.78, 5) is 22.9. The van der Waals surface area contributed by atoms with E-state index in [1.807, 2.05) is 44.2 Å². The van der Waals surface area contributed by atoms with E-state index in [1.165, 1.54) is 11.3 Å². The number of esters is 1. The number of nitrogens with zero attached hydrogens (tertiary/aromatic N) is 3. The predicted octanol–water partition coefficient (Wildman–Crippen LogP) is 3.11. The average Bonchev–Trinajstić information content (AvgIpc) is 3.28. The van der Waals surface area contributed by atoms with Crippen LogP contribution < -0.4 is 4.90 Å². The lowest BCUT2D eigenvalue weighted by atomic mass is 10.0. The van der Waals surface area contributed by atoms with Gasteiger partial charge < -0.3 is 19.6 Å². The molecule has 2 atom stereocenters. The van der Waals surface area contributed by atoms with Gasteiger partial charge >= 0.3 is 5.97 Å². The van der Waals surface area contributed by atoms with Gasteiger partial charge in [0.2, 0.25) is 0 Å². The van der Waals surface area contributed by atoms with Gasteiger partial charge in [-0.3, -0.25) is 0 Å². The van der Waals surface area contributed by atoms with Crippen LogP contribution in [0.5, 0.6) is 0 Å². The Labute approximate surface area is 169 Å². The van der Waals surface area contributed by atoms with Gasteiger partial charge in [0.1, 0.15) is 11.1 Å². The minimum absolute atomic E-state index is 0.0697. The maximum Gasteiger partial charge on any atom is 0.339 e. The van der Waals surface area contributed by atoms with Crippen LogP contribution in [0, 0.1) is 0 Å². The van der Waals surface area contributed by atoms with E-state index in [0.29, 0.717) is 5.56 Å². The van der Waals surface area contributed by atoms with E-state index in [9.17, 15) is 9.90 Å². The molecule has 1 aliphatic carbocycles. The highest BCUT2D eigenvalue weighted by molar-refractivity contribution is 7.15. The summed E-state index contributed by atoms with van der Waals surface area (Å²) in [6.45, 7) is 1.71. The van der Waals surface area contributed by atoms with Crippen molar-refractivity contribution >= 4 is 23.0 Å². The second kappa shape index (κ2) is 7.81. The zero-order valence-electron chi connectivity index (χ0n) is 16.6. The Morgan fingerprint density at radius 2 is 2.18 bits per heavy atom. The summed E-state index contributed by atoms with van der Waals surface area (Å²) in [5.74, 6) is -0.298. The number of aryl methyl sites for hydroxylation is 1.